The molecule has 0 heterocycles. The maximum atomic E-state index is 12.5. The molecule has 94 valence electrons. The van der Waals surface area contributed by atoms with Gasteiger partial charge < -0.3 is 14.9 Å². The van der Waals surface area contributed by atoms with Crippen LogP contribution >= 0.6 is 0 Å². The van der Waals surface area contributed by atoms with Crippen molar-refractivity contribution in [2.75, 3.05) is 7.11 Å². The van der Waals surface area contributed by atoms with Crippen LogP contribution in [0.25, 0.3) is 0 Å². The number of phenolic OH excluding ortho intramolecular Hbond substituents is 1. The first-order chi connectivity index (χ1) is 8.62. The second-order valence-corrected chi connectivity index (χ2v) is 4.03. The van der Waals surface area contributed by atoms with Crippen molar-refractivity contribution in [1.82, 2.24) is 0 Å². The molecule has 0 bridgehead atoms. The van der Waals surface area contributed by atoms with E-state index in [1.165, 1.54) is 31.4 Å². The minimum atomic E-state index is -1.48. The Morgan fingerprint density at radius 1 is 1.33 bits per heavy atom. The van der Waals surface area contributed by atoms with Crippen molar-refractivity contribution < 1.29 is 19.7 Å². The van der Waals surface area contributed by atoms with Crippen LogP contribution in [0.3, 0.4) is 0 Å². The van der Waals surface area contributed by atoms with Gasteiger partial charge in [-0.3, -0.25) is 4.79 Å². The molecule has 2 unspecified atom stereocenters. The summed E-state index contributed by atoms with van der Waals surface area (Å²) in [5, 5.41) is 19.7. The van der Waals surface area contributed by atoms with Gasteiger partial charge in [0.25, 0.3) is 0 Å². The van der Waals surface area contributed by atoms with Crippen LogP contribution < -0.4 is 0 Å². The number of aliphatic hydroxyl groups excluding tert-OH is 1. The molecule has 1 aliphatic carbocycles. The molecule has 4 nitrogen and oxygen atoms in total. The lowest BCUT2D eigenvalue weighted by Crippen LogP contribution is -2.49. The van der Waals surface area contributed by atoms with Crippen molar-refractivity contribution in [2.24, 2.45) is 0 Å². The average Bonchev–Trinajstić information content (AvgIpc) is 2.39. The molecule has 4 heteroatoms. The molecule has 2 rings (SSSR count). The summed E-state index contributed by atoms with van der Waals surface area (Å²) in [7, 11) is 1.35. The zero-order valence-electron chi connectivity index (χ0n) is 9.91. The van der Waals surface area contributed by atoms with E-state index in [0.717, 1.165) is 0 Å². The molecule has 2 N–H and O–H groups in total. The van der Waals surface area contributed by atoms with Gasteiger partial charge in [-0.2, -0.15) is 0 Å². The number of ketones is 1. The Morgan fingerprint density at radius 2 is 2.06 bits per heavy atom. The van der Waals surface area contributed by atoms with Gasteiger partial charge >= 0.3 is 0 Å². The Hall–Kier alpha value is -1.91. The van der Waals surface area contributed by atoms with Crippen molar-refractivity contribution in [3.8, 4) is 5.75 Å². The molecule has 0 radical (unpaired) electrons. The van der Waals surface area contributed by atoms with Crippen LogP contribution in [0.2, 0.25) is 0 Å². The first-order valence-corrected chi connectivity index (χ1v) is 5.54. The van der Waals surface area contributed by atoms with Crippen molar-refractivity contribution >= 4 is 5.78 Å². The monoisotopic (exact) mass is 246 g/mol. The van der Waals surface area contributed by atoms with E-state index < -0.39 is 17.5 Å². The summed E-state index contributed by atoms with van der Waals surface area (Å²) in [6.07, 6.45) is 5.15. The summed E-state index contributed by atoms with van der Waals surface area (Å²) in [5.74, 6) is -0.606. The lowest BCUT2D eigenvalue weighted by molar-refractivity contribution is -0.0297. The van der Waals surface area contributed by atoms with Gasteiger partial charge in [0.1, 0.15) is 11.9 Å². The van der Waals surface area contributed by atoms with Crippen LogP contribution in [0.5, 0.6) is 5.75 Å². The van der Waals surface area contributed by atoms with Crippen LogP contribution in [-0.4, -0.2) is 34.8 Å². The van der Waals surface area contributed by atoms with Crippen LogP contribution in [-0.2, 0) is 4.74 Å². The normalized spacial score (nSPS) is 26.2. The van der Waals surface area contributed by atoms with E-state index in [4.69, 9.17) is 4.74 Å². The number of hydrogen-bond donors (Lipinski definition) is 2. The number of carbonyl (C=O) groups is 1. The first-order valence-electron chi connectivity index (χ1n) is 5.54. The molecule has 0 spiro atoms. The molecule has 0 saturated carbocycles. The molecule has 0 fully saturated rings. The topological polar surface area (TPSA) is 66.8 Å². The standard InChI is InChI=1S/C14H14O4/c1-18-14(9-5-4-8-12(14)16)13(17)10-6-2-3-7-11(10)15/h2-9,12,15-16H,1H3. The molecule has 0 amide bonds. The molecule has 1 aromatic rings. The third kappa shape index (κ3) is 1.85. The Balaban J connectivity index is 2.46. The number of hydrogen-bond acceptors (Lipinski definition) is 4. The molecular formula is C14H14O4. The van der Waals surface area contributed by atoms with Crippen molar-refractivity contribution in [3.63, 3.8) is 0 Å². The van der Waals surface area contributed by atoms with E-state index >= 15 is 0 Å². The highest BCUT2D eigenvalue weighted by Crippen LogP contribution is 2.30. The number of allylic oxidation sites excluding steroid dienone is 2. The minimum Gasteiger partial charge on any atom is -0.507 e. The lowest BCUT2D eigenvalue weighted by Gasteiger charge is -2.32. The first kappa shape index (κ1) is 12.5. The second kappa shape index (κ2) is 4.76. The maximum absolute atomic E-state index is 12.5. The van der Waals surface area contributed by atoms with E-state index in [1.54, 1.807) is 24.3 Å². The number of para-hydroxylation sites is 1. The second-order valence-electron chi connectivity index (χ2n) is 4.03. The number of carbonyl (C=O) groups excluding carboxylic acids is 1. The minimum absolute atomic E-state index is 0.123. The number of methoxy groups -OCH3 is 1. The van der Waals surface area contributed by atoms with E-state index in [-0.39, 0.29) is 11.3 Å². The third-order valence-corrected chi connectivity index (χ3v) is 3.03. The molecule has 18 heavy (non-hydrogen) atoms. The van der Waals surface area contributed by atoms with Crippen LogP contribution in [0.15, 0.2) is 48.6 Å². The highest BCUT2D eigenvalue weighted by molar-refractivity contribution is 6.06. The summed E-state index contributed by atoms with van der Waals surface area (Å²) in [5.41, 5.74) is -1.36. The van der Waals surface area contributed by atoms with E-state index in [0.29, 0.717) is 0 Å². The Bertz CT molecular complexity index is 518. The molecule has 2 atom stereocenters. The van der Waals surface area contributed by atoms with Crippen LogP contribution in [0.1, 0.15) is 10.4 Å². The molecule has 0 aromatic heterocycles. The fourth-order valence-electron chi connectivity index (χ4n) is 1.98. The Kier molecular flexibility index (Phi) is 3.32. The SMILES string of the molecule is COC1(C(=O)c2ccccc2O)C=CC=CC1O. The summed E-state index contributed by atoms with van der Waals surface area (Å²) in [6.45, 7) is 0. The molecule has 0 saturated heterocycles. The largest absolute Gasteiger partial charge is 0.507 e. The summed E-state index contributed by atoms with van der Waals surface area (Å²) >= 11 is 0. The van der Waals surface area contributed by atoms with Crippen molar-refractivity contribution in [3.05, 3.63) is 54.1 Å². The van der Waals surface area contributed by atoms with Gasteiger partial charge in [0.05, 0.1) is 5.56 Å². The van der Waals surface area contributed by atoms with E-state index in [2.05, 4.69) is 0 Å². The van der Waals surface area contributed by atoms with E-state index in [1.807, 2.05) is 0 Å². The average molecular weight is 246 g/mol. The zero-order chi connectivity index (χ0) is 13.2. The Labute approximate surface area is 105 Å². The predicted octanol–water partition coefficient (Wildman–Crippen LogP) is 1.45. The molecular weight excluding hydrogens is 232 g/mol. The zero-order valence-corrected chi connectivity index (χ0v) is 9.91. The van der Waals surface area contributed by atoms with Gasteiger partial charge in [-0.05, 0) is 18.2 Å². The summed E-state index contributed by atoms with van der Waals surface area (Å²) < 4.78 is 5.21. The number of rotatable bonds is 3. The fraction of sp³-hybridized carbons (Fsp3) is 0.214. The van der Waals surface area contributed by atoms with Gasteiger partial charge in [-0.25, -0.2) is 0 Å². The third-order valence-electron chi connectivity index (χ3n) is 3.03. The predicted molar refractivity (Wildman–Crippen MR) is 66.5 cm³/mol. The van der Waals surface area contributed by atoms with Crippen molar-refractivity contribution in [2.45, 2.75) is 11.7 Å². The van der Waals surface area contributed by atoms with Gasteiger partial charge in [0, 0.05) is 7.11 Å². The highest BCUT2D eigenvalue weighted by atomic mass is 16.5. The Morgan fingerprint density at radius 3 is 2.67 bits per heavy atom. The molecule has 0 aliphatic heterocycles. The number of Topliss-reactive ketones (excluding diaryl/α,β-unsaturated/α-hetero) is 1. The quantitative estimate of drug-likeness (QED) is 0.792. The van der Waals surface area contributed by atoms with Gasteiger partial charge in [0.2, 0.25) is 5.78 Å². The van der Waals surface area contributed by atoms with Gasteiger partial charge in [-0.15, -0.1) is 0 Å². The fourth-order valence-corrected chi connectivity index (χ4v) is 1.98. The van der Waals surface area contributed by atoms with E-state index in [9.17, 15) is 15.0 Å². The number of aliphatic hydroxyl groups is 1. The molecule has 1 aromatic carbocycles. The van der Waals surface area contributed by atoms with Crippen molar-refractivity contribution in [1.29, 1.82) is 0 Å². The van der Waals surface area contributed by atoms with Gasteiger partial charge in [-0.1, -0.05) is 30.4 Å². The van der Waals surface area contributed by atoms with Gasteiger partial charge in [0.15, 0.2) is 5.60 Å². The number of phenols is 1. The smallest absolute Gasteiger partial charge is 0.205 e. The molecule has 1 aliphatic rings. The summed E-state index contributed by atoms with van der Waals surface area (Å²) in [6, 6.07) is 6.19. The highest BCUT2D eigenvalue weighted by Gasteiger charge is 2.44. The number of ether oxygens (including phenoxy) is 1. The number of benzene rings is 1. The maximum Gasteiger partial charge on any atom is 0.205 e. The van der Waals surface area contributed by atoms with Crippen LogP contribution in [0.4, 0.5) is 0 Å². The summed E-state index contributed by atoms with van der Waals surface area (Å²) in [4.78, 5) is 12.5. The number of aromatic hydroxyl groups is 1. The van der Waals surface area contributed by atoms with Crippen LogP contribution in [0, 0.1) is 0 Å². The lowest BCUT2D eigenvalue weighted by atomic mass is 9.84.